The number of nitrogens with zero attached hydrogens (tertiary/aromatic N) is 2. The minimum Gasteiger partial charge on any atom is -0.490 e. The lowest BCUT2D eigenvalue weighted by atomic mass is 10.1. The van der Waals surface area contributed by atoms with Crippen LogP contribution in [-0.2, 0) is 6.54 Å². The average Bonchev–Trinajstić information content (AvgIpc) is 2.97. The maximum atomic E-state index is 14.3. The van der Waals surface area contributed by atoms with Crippen molar-refractivity contribution in [3.63, 3.8) is 0 Å². The first-order valence-electron chi connectivity index (χ1n) is 8.19. The normalized spacial score (nSPS) is 11.4. The maximum absolute atomic E-state index is 14.3. The Balaban J connectivity index is 2.02. The van der Waals surface area contributed by atoms with Crippen LogP contribution in [0.25, 0.3) is 22.4 Å². The highest BCUT2D eigenvalue weighted by Crippen LogP contribution is 2.29. The van der Waals surface area contributed by atoms with Crippen molar-refractivity contribution in [2.75, 3.05) is 26.1 Å². The summed E-state index contributed by atoms with van der Waals surface area (Å²) in [5.74, 6) is 0.640. The average molecular weight is 357 g/mol. The second-order valence-electron chi connectivity index (χ2n) is 5.93. The van der Waals surface area contributed by atoms with Crippen LogP contribution in [0.1, 0.15) is 17.5 Å². The van der Waals surface area contributed by atoms with Gasteiger partial charge in [-0.25, -0.2) is 4.39 Å². The van der Waals surface area contributed by atoms with E-state index in [1.165, 1.54) is 0 Å². The first-order chi connectivity index (χ1) is 12.0. The van der Waals surface area contributed by atoms with E-state index in [-0.39, 0.29) is 5.82 Å². The van der Waals surface area contributed by atoms with Crippen LogP contribution >= 0.6 is 11.3 Å². The van der Waals surface area contributed by atoms with Gasteiger partial charge in [0.05, 0.1) is 7.11 Å². The van der Waals surface area contributed by atoms with Crippen LogP contribution in [-0.4, -0.2) is 21.2 Å². The third-order valence-corrected chi connectivity index (χ3v) is 5.27. The van der Waals surface area contributed by atoms with Crippen molar-refractivity contribution in [1.82, 2.24) is 0 Å². The smallest absolute Gasteiger partial charge is 0.266 e. The lowest BCUT2D eigenvalue weighted by molar-refractivity contribution is -0.665. The van der Waals surface area contributed by atoms with Crippen LogP contribution < -0.4 is 14.2 Å². The fraction of sp³-hybridized carbons (Fsp3) is 0.250. The molecule has 0 aliphatic heterocycles. The number of fused-ring (bicyclic) bond motifs is 1. The van der Waals surface area contributed by atoms with Crippen molar-refractivity contribution in [2.24, 2.45) is 0 Å². The fourth-order valence-electron chi connectivity index (χ4n) is 2.82. The summed E-state index contributed by atoms with van der Waals surface area (Å²) >= 11 is 1.68. The fourth-order valence-corrected chi connectivity index (χ4v) is 3.97. The molecule has 0 N–H and O–H groups in total. The minimum absolute atomic E-state index is 0.218. The number of aryl methyl sites for hydroxylation is 1. The summed E-state index contributed by atoms with van der Waals surface area (Å²) in [6.07, 6.45) is 3.81. The van der Waals surface area contributed by atoms with E-state index in [2.05, 4.69) is 17.6 Å². The van der Waals surface area contributed by atoms with E-state index in [1.54, 1.807) is 24.5 Å². The molecule has 2 aromatic carbocycles. The zero-order valence-corrected chi connectivity index (χ0v) is 15.7. The zero-order valence-electron chi connectivity index (χ0n) is 14.9. The number of aromatic nitrogens is 1. The maximum Gasteiger partial charge on any atom is 0.266 e. The summed E-state index contributed by atoms with van der Waals surface area (Å²) in [7, 11) is 5.49. The number of ether oxygens (including phenoxy) is 1. The molecule has 3 aromatic rings. The van der Waals surface area contributed by atoms with Gasteiger partial charge in [0.25, 0.3) is 10.5 Å². The van der Waals surface area contributed by atoms with E-state index >= 15 is 0 Å². The Kier molecular flexibility index (Phi) is 5.04. The highest BCUT2D eigenvalue weighted by Gasteiger charge is 2.21. The second-order valence-corrected chi connectivity index (χ2v) is 6.99. The summed E-state index contributed by atoms with van der Waals surface area (Å²) in [6, 6.07) is 11.3. The molecule has 1 heterocycles. The molecule has 5 heteroatoms. The van der Waals surface area contributed by atoms with Crippen LogP contribution in [0.3, 0.4) is 0 Å². The SMILES string of the molecule is CC[n+]1c(/C=C/c2ccc(N(C)C)cc2F)sc2cccc(OC)c21. The van der Waals surface area contributed by atoms with Crippen molar-refractivity contribution >= 4 is 39.4 Å². The molecule has 0 fully saturated rings. The number of para-hydroxylation sites is 1. The lowest BCUT2D eigenvalue weighted by Crippen LogP contribution is -2.33. The Morgan fingerprint density at radius 3 is 2.64 bits per heavy atom. The number of anilines is 1. The predicted octanol–water partition coefficient (Wildman–Crippen LogP) is 4.59. The van der Waals surface area contributed by atoms with E-state index in [0.717, 1.165) is 33.2 Å². The lowest BCUT2D eigenvalue weighted by Gasteiger charge is -2.12. The molecule has 0 spiro atoms. The highest BCUT2D eigenvalue weighted by molar-refractivity contribution is 7.19. The van der Waals surface area contributed by atoms with Crippen LogP contribution in [0.5, 0.6) is 5.75 Å². The van der Waals surface area contributed by atoms with E-state index in [9.17, 15) is 4.39 Å². The largest absolute Gasteiger partial charge is 0.490 e. The summed E-state index contributed by atoms with van der Waals surface area (Å²) in [4.78, 5) is 1.89. The van der Waals surface area contributed by atoms with E-state index in [1.807, 2.05) is 55.4 Å². The molecule has 0 aliphatic carbocycles. The molecule has 0 bridgehead atoms. The number of halogens is 1. The van der Waals surface area contributed by atoms with Crippen LogP contribution in [0.15, 0.2) is 36.4 Å². The third kappa shape index (κ3) is 3.37. The van der Waals surface area contributed by atoms with Crippen molar-refractivity contribution in [3.05, 3.63) is 52.8 Å². The molecule has 1 aromatic heterocycles. The molecule has 0 saturated heterocycles. The molecular formula is C20H22FN2OS+. The first kappa shape index (κ1) is 17.4. The molecule has 0 saturated carbocycles. The van der Waals surface area contributed by atoms with Crippen molar-refractivity contribution < 1.29 is 13.7 Å². The van der Waals surface area contributed by atoms with Gasteiger partial charge in [0.2, 0.25) is 0 Å². The molecule has 0 aliphatic rings. The molecule has 0 amide bonds. The highest BCUT2D eigenvalue weighted by atomic mass is 32.1. The number of benzene rings is 2. The summed E-state index contributed by atoms with van der Waals surface area (Å²) in [5.41, 5.74) is 2.52. The topological polar surface area (TPSA) is 16.4 Å². The van der Waals surface area contributed by atoms with E-state index in [4.69, 9.17) is 4.74 Å². The number of hydrogen-bond acceptors (Lipinski definition) is 3. The standard InChI is InChI=1S/C20H22FN2OS/c1-5-23-19(25-18-8-6-7-17(24-4)20(18)23)12-10-14-9-11-15(22(2)3)13-16(14)21/h6-13H,5H2,1-4H3/q+1. The van der Waals surface area contributed by atoms with Crippen molar-refractivity contribution in [2.45, 2.75) is 13.5 Å². The monoisotopic (exact) mass is 357 g/mol. The van der Waals surface area contributed by atoms with Gasteiger partial charge in [0.1, 0.15) is 17.1 Å². The number of hydrogen-bond donors (Lipinski definition) is 0. The van der Waals surface area contributed by atoms with Gasteiger partial charge in [-0.15, -0.1) is 0 Å². The van der Waals surface area contributed by atoms with Gasteiger partial charge in [-0.05, 0) is 43.3 Å². The Labute approximate surface area is 151 Å². The quantitative estimate of drug-likeness (QED) is 0.621. The Bertz CT molecular complexity index is 931. The third-order valence-electron chi connectivity index (χ3n) is 4.15. The van der Waals surface area contributed by atoms with Gasteiger partial charge in [-0.1, -0.05) is 17.4 Å². The molecule has 0 unspecified atom stereocenters. The van der Waals surface area contributed by atoms with Gasteiger partial charge in [0, 0.05) is 31.4 Å². The molecule has 0 atom stereocenters. The van der Waals surface area contributed by atoms with Crippen molar-refractivity contribution in [3.8, 4) is 5.75 Å². The van der Waals surface area contributed by atoms with Crippen LogP contribution in [0, 0.1) is 5.82 Å². The van der Waals surface area contributed by atoms with Crippen LogP contribution in [0.2, 0.25) is 0 Å². The number of methoxy groups -OCH3 is 1. The molecule has 3 nitrogen and oxygen atoms in total. The molecule has 25 heavy (non-hydrogen) atoms. The van der Waals surface area contributed by atoms with Gasteiger partial charge in [-0.2, -0.15) is 4.57 Å². The summed E-state index contributed by atoms with van der Waals surface area (Å²) < 4.78 is 23.2. The summed E-state index contributed by atoms with van der Waals surface area (Å²) in [6.45, 7) is 2.92. The van der Waals surface area contributed by atoms with Gasteiger partial charge in [-0.3, -0.25) is 0 Å². The van der Waals surface area contributed by atoms with E-state index in [0.29, 0.717) is 5.56 Å². The van der Waals surface area contributed by atoms with Crippen LogP contribution in [0.4, 0.5) is 10.1 Å². The van der Waals surface area contributed by atoms with Crippen molar-refractivity contribution in [1.29, 1.82) is 0 Å². The molecule has 130 valence electrons. The second kappa shape index (κ2) is 7.23. The van der Waals surface area contributed by atoms with Gasteiger partial charge < -0.3 is 9.64 Å². The zero-order chi connectivity index (χ0) is 18.0. The first-order valence-corrected chi connectivity index (χ1v) is 9.01. The molecule has 3 rings (SSSR count). The van der Waals surface area contributed by atoms with Gasteiger partial charge in [0.15, 0.2) is 5.75 Å². The van der Waals surface area contributed by atoms with Gasteiger partial charge >= 0.3 is 0 Å². The Hall–Kier alpha value is -2.40. The number of rotatable bonds is 5. The summed E-state index contributed by atoms with van der Waals surface area (Å²) in [5, 5.41) is 1.07. The number of thiazole rings is 1. The molecular weight excluding hydrogens is 335 g/mol. The van der Waals surface area contributed by atoms with E-state index < -0.39 is 0 Å². The Morgan fingerprint density at radius 1 is 1.20 bits per heavy atom. The molecule has 0 radical (unpaired) electrons. The Morgan fingerprint density at radius 2 is 2.00 bits per heavy atom. The minimum atomic E-state index is -0.218. The predicted molar refractivity (Wildman–Crippen MR) is 104 cm³/mol.